The van der Waals surface area contributed by atoms with Crippen LogP contribution in [0.1, 0.15) is 19.8 Å². The average Bonchev–Trinajstić information content (AvgIpc) is 2.08. The number of hydrogen-bond acceptors (Lipinski definition) is 4. The van der Waals surface area contributed by atoms with E-state index in [9.17, 15) is 4.79 Å². The van der Waals surface area contributed by atoms with Crippen LogP contribution in [0.5, 0.6) is 0 Å². The lowest BCUT2D eigenvalue weighted by molar-refractivity contribution is -0.201. The van der Waals surface area contributed by atoms with Gasteiger partial charge in [0.2, 0.25) is 0 Å². The van der Waals surface area contributed by atoms with Gasteiger partial charge in [0.15, 0.2) is 12.4 Å². The van der Waals surface area contributed by atoms with Crippen LogP contribution >= 0.6 is 0 Å². The molecule has 12 heavy (non-hydrogen) atoms. The first-order valence-corrected chi connectivity index (χ1v) is 4.06. The molecule has 3 unspecified atom stereocenters. The van der Waals surface area contributed by atoms with E-state index in [0.717, 1.165) is 6.42 Å². The number of aliphatic hydroxyl groups is 1. The molecule has 1 heterocycles. The Labute approximate surface area is 71.5 Å². The number of rotatable bonds is 1. The maximum absolute atomic E-state index is 11.1. The van der Waals surface area contributed by atoms with Gasteiger partial charge in [-0.15, -0.1) is 0 Å². The maximum atomic E-state index is 11.1. The average molecular weight is 174 g/mol. The van der Waals surface area contributed by atoms with Crippen LogP contribution in [0.15, 0.2) is 0 Å². The van der Waals surface area contributed by atoms with E-state index in [1.54, 1.807) is 0 Å². The summed E-state index contributed by atoms with van der Waals surface area (Å²) in [6, 6.07) is 0. The van der Waals surface area contributed by atoms with Crippen molar-refractivity contribution in [2.24, 2.45) is 5.92 Å². The molecule has 4 heteroatoms. The molecular formula is C8H14O4. The molecule has 0 amide bonds. The quantitative estimate of drug-likeness (QED) is 0.580. The van der Waals surface area contributed by atoms with E-state index in [1.807, 2.05) is 6.92 Å². The zero-order valence-electron chi connectivity index (χ0n) is 7.32. The van der Waals surface area contributed by atoms with Crippen LogP contribution in [-0.4, -0.2) is 30.6 Å². The van der Waals surface area contributed by atoms with Gasteiger partial charge < -0.3 is 14.6 Å². The fourth-order valence-electron chi connectivity index (χ4n) is 1.33. The van der Waals surface area contributed by atoms with Crippen molar-refractivity contribution in [1.82, 2.24) is 0 Å². The molecule has 0 saturated carbocycles. The Balaban J connectivity index is 2.54. The Morgan fingerprint density at radius 3 is 2.83 bits per heavy atom. The highest BCUT2D eigenvalue weighted by Crippen LogP contribution is 2.24. The smallest absolute Gasteiger partial charge is 0.335 e. The minimum absolute atomic E-state index is 0.126. The van der Waals surface area contributed by atoms with Crippen LogP contribution < -0.4 is 0 Å². The fourth-order valence-corrected chi connectivity index (χ4v) is 1.33. The molecule has 0 aliphatic carbocycles. The summed E-state index contributed by atoms with van der Waals surface area (Å²) in [6.45, 7) is 1.91. The first-order chi connectivity index (χ1) is 5.65. The highest BCUT2D eigenvalue weighted by molar-refractivity contribution is 5.74. The molecule has 0 radical (unpaired) electrons. The van der Waals surface area contributed by atoms with Crippen LogP contribution in [0.2, 0.25) is 0 Å². The number of carbonyl (C=O) groups is 1. The lowest BCUT2D eigenvalue weighted by Gasteiger charge is -2.30. The molecule has 70 valence electrons. The van der Waals surface area contributed by atoms with Crippen LogP contribution in [-0.2, 0) is 14.3 Å². The summed E-state index contributed by atoms with van der Waals surface area (Å²) in [5, 5.41) is 9.11. The SMILES string of the molecule is COC(=O)C1OC(O)CCC1C. The maximum Gasteiger partial charge on any atom is 0.335 e. The molecule has 1 N–H and O–H groups in total. The standard InChI is InChI=1S/C8H14O4/c1-5-3-4-6(9)12-7(5)8(10)11-2/h5-7,9H,3-4H2,1-2H3. The third-order valence-electron chi connectivity index (χ3n) is 2.12. The molecule has 3 atom stereocenters. The van der Waals surface area contributed by atoms with Gasteiger partial charge >= 0.3 is 5.97 Å². The molecule has 0 aromatic rings. The summed E-state index contributed by atoms with van der Waals surface area (Å²) in [5.74, 6) is -0.276. The summed E-state index contributed by atoms with van der Waals surface area (Å²) >= 11 is 0. The van der Waals surface area contributed by atoms with Gasteiger partial charge in [0.05, 0.1) is 7.11 Å². The number of methoxy groups -OCH3 is 1. The van der Waals surface area contributed by atoms with Crippen molar-refractivity contribution in [3.05, 3.63) is 0 Å². The number of aliphatic hydroxyl groups excluding tert-OH is 1. The van der Waals surface area contributed by atoms with Crippen molar-refractivity contribution >= 4 is 5.97 Å². The van der Waals surface area contributed by atoms with Crippen molar-refractivity contribution in [1.29, 1.82) is 0 Å². The van der Waals surface area contributed by atoms with E-state index < -0.39 is 18.4 Å². The van der Waals surface area contributed by atoms with Gasteiger partial charge in [-0.3, -0.25) is 0 Å². The molecule has 1 aliphatic rings. The number of esters is 1. The highest BCUT2D eigenvalue weighted by atomic mass is 16.6. The van der Waals surface area contributed by atoms with E-state index in [4.69, 9.17) is 9.84 Å². The van der Waals surface area contributed by atoms with Crippen LogP contribution in [0, 0.1) is 5.92 Å². The first kappa shape index (κ1) is 9.48. The van der Waals surface area contributed by atoms with Gasteiger partial charge in [-0.1, -0.05) is 6.92 Å². The molecule has 0 bridgehead atoms. The molecule has 0 spiro atoms. The molecule has 1 saturated heterocycles. The van der Waals surface area contributed by atoms with Gasteiger partial charge in [0.1, 0.15) is 0 Å². The van der Waals surface area contributed by atoms with Crippen molar-refractivity contribution in [3.63, 3.8) is 0 Å². The lowest BCUT2D eigenvalue weighted by Crippen LogP contribution is -2.40. The largest absolute Gasteiger partial charge is 0.467 e. The Kier molecular flexibility index (Phi) is 3.05. The lowest BCUT2D eigenvalue weighted by atomic mass is 9.96. The Morgan fingerprint density at radius 2 is 2.25 bits per heavy atom. The van der Waals surface area contributed by atoms with Gasteiger partial charge in [-0.05, 0) is 18.8 Å². The third kappa shape index (κ3) is 1.95. The van der Waals surface area contributed by atoms with Gasteiger partial charge in [0.25, 0.3) is 0 Å². The normalized spacial score (nSPS) is 36.1. The summed E-state index contributed by atoms with van der Waals surface area (Å²) in [6.07, 6.45) is -0.0284. The van der Waals surface area contributed by atoms with Gasteiger partial charge in [-0.25, -0.2) is 4.79 Å². The molecule has 4 nitrogen and oxygen atoms in total. The van der Waals surface area contributed by atoms with Crippen molar-refractivity contribution < 1.29 is 19.4 Å². The summed E-state index contributed by atoms with van der Waals surface area (Å²) in [4.78, 5) is 11.1. The molecule has 1 aliphatic heterocycles. The summed E-state index contributed by atoms with van der Waals surface area (Å²) in [7, 11) is 1.32. The van der Waals surface area contributed by atoms with E-state index >= 15 is 0 Å². The van der Waals surface area contributed by atoms with Crippen molar-refractivity contribution in [2.45, 2.75) is 32.2 Å². The Bertz CT molecular complexity index is 168. The zero-order valence-corrected chi connectivity index (χ0v) is 7.32. The second kappa shape index (κ2) is 3.87. The van der Waals surface area contributed by atoms with E-state index in [2.05, 4.69) is 4.74 Å². The van der Waals surface area contributed by atoms with Crippen LogP contribution in [0.25, 0.3) is 0 Å². The number of ether oxygens (including phenoxy) is 2. The van der Waals surface area contributed by atoms with Crippen molar-refractivity contribution in [3.8, 4) is 0 Å². The summed E-state index contributed by atoms with van der Waals surface area (Å²) < 4.78 is 9.57. The first-order valence-electron chi connectivity index (χ1n) is 4.06. The van der Waals surface area contributed by atoms with E-state index in [-0.39, 0.29) is 5.92 Å². The molecular weight excluding hydrogens is 160 g/mol. The minimum Gasteiger partial charge on any atom is -0.467 e. The van der Waals surface area contributed by atoms with Gasteiger partial charge in [0, 0.05) is 0 Å². The predicted molar refractivity (Wildman–Crippen MR) is 41.3 cm³/mol. The molecule has 1 fully saturated rings. The second-order valence-electron chi connectivity index (χ2n) is 3.09. The van der Waals surface area contributed by atoms with Crippen molar-refractivity contribution in [2.75, 3.05) is 7.11 Å². The monoisotopic (exact) mass is 174 g/mol. The predicted octanol–water partition coefficient (Wildman–Crippen LogP) is 0.293. The van der Waals surface area contributed by atoms with Gasteiger partial charge in [-0.2, -0.15) is 0 Å². The Morgan fingerprint density at radius 1 is 1.58 bits per heavy atom. The van der Waals surface area contributed by atoms with E-state index in [1.165, 1.54) is 7.11 Å². The topological polar surface area (TPSA) is 55.8 Å². The van der Waals surface area contributed by atoms with E-state index in [0.29, 0.717) is 6.42 Å². The number of carbonyl (C=O) groups excluding carboxylic acids is 1. The molecule has 0 aromatic carbocycles. The highest BCUT2D eigenvalue weighted by Gasteiger charge is 2.33. The second-order valence-corrected chi connectivity index (χ2v) is 3.09. The zero-order chi connectivity index (χ0) is 9.14. The summed E-state index contributed by atoms with van der Waals surface area (Å²) in [5.41, 5.74) is 0. The van der Waals surface area contributed by atoms with Crippen LogP contribution in [0.4, 0.5) is 0 Å². The molecule has 0 aromatic heterocycles. The van der Waals surface area contributed by atoms with Crippen LogP contribution in [0.3, 0.4) is 0 Å². The minimum atomic E-state index is -0.815. The Hall–Kier alpha value is -0.610. The third-order valence-corrected chi connectivity index (χ3v) is 2.12. The molecule has 1 rings (SSSR count). The fraction of sp³-hybridized carbons (Fsp3) is 0.875. The number of hydrogen-bond donors (Lipinski definition) is 1.